The number of hydrogen-bond acceptors (Lipinski definition) is 6. The molecule has 0 saturated heterocycles. The van der Waals surface area contributed by atoms with Crippen molar-refractivity contribution in [1.82, 2.24) is 15.0 Å². The Balaban J connectivity index is 2.16. The Kier molecular flexibility index (Phi) is 6.79. The predicted octanol–water partition coefficient (Wildman–Crippen LogP) is 2.82. The monoisotopic (exact) mass is 377 g/mol. The minimum atomic E-state index is -0.474. The van der Waals surface area contributed by atoms with Gasteiger partial charge in [0.25, 0.3) is 5.56 Å². The highest BCUT2D eigenvalue weighted by Crippen LogP contribution is 2.22. The van der Waals surface area contributed by atoms with Gasteiger partial charge in [-0.15, -0.1) is 0 Å². The third-order valence-electron chi connectivity index (χ3n) is 3.82. The van der Waals surface area contributed by atoms with Crippen molar-refractivity contribution in [3.8, 4) is 0 Å². The van der Waals surface area contributed by atoms with E-state index in [1.807, 2.05) is 6.92 Å². The zero-order valence-electron chi connectivity index (χ0n) is 15.4. The Morgan fingerprint density at radius 2 is 1.96 bits per heavy atom. The molecule has 2 heterocycles. The fourth-order valence-electron chi connectivity index (χ4n) is 2.72. The van der Waals surface area contributed by atoms with Gasteiger partial charge in [0, 0.05) is 23.0 Å². The summed E-state index contributed by atoms with van der Waals surface area (Å²) in [6.45, 7) is 7.47. The maximum atomic E-state index is 12.6. The summed E-state index contributed by atoms with van der Waals surface area (Å²) in [5, 5.41) is 0.422. The van der Waals surface area contributed by atoms with Crippen molar-refractivity contribution in [3.05, 3.63) is 44.6 Å². The van der Waals surface area contributed by atoms with Crippen molar-refractivity contribution in [2.45, 2.75) is 45.7 Å². The number of ether oxygens (including phenoxy) is 1. The van der Waals surface area contributed by atoms with E-state index < -0.39 is 5.97 Å². The fraction of sp³-hybridized carbons (Fsp3) is 0.444. The Morgan fingerprint density at radius 3 is 2.62 bits per heavy atom. The Bertz CT molecular complexity index is 870. The van der Waals surface area contributed by atoms with Gasteiger partial charge in [-0.1, -0.05) is 25.1 Å². The molecule has 26 heavy (non-hydrogen) atoms. The van der Waals surface area contributed by atoms with Gasteiger partial charge in [-0.25, -0.2) is 9.78 Å². The number of thioether (sulfide) groups is 1. The van der Waals surface area contributed by atoms with Crippen LogP contribution in [0.2, 0.25) is 0 Å². The summed E-state index contributed by atoms with van der Waals surface area (Å²) in [7, 11) is 0. The number of H-pyrrole nitrogens is 2. The predicted molar refractivity (Wildman–Crippen MR) is 100 cm³/mol. The van der Waals surface area contributed by atoms with Crippen LogP contribution in [0.5, 0.6) is 0 Å². The molecular formula is C18H23N3O4S. The fourth-order valence-corrected chi connectivity index (χ4v) is 3.48. The van der Waals surface area contributed by atoms with Gasteiger partial charge < -0.3 is 14.7 Å². The van der Waals surface area contributed by atoms with Gasteiger partial charge in [0.1, 0.15) is 5.69 Å². The number of hydrogen-bond donors (Lipinski definition) is 2. The van der Waals surface area contributed by atoms with Crippen LogP contribution in [0, 0.1) is 13.8 Å². The first-order valence-corrected chi connectivity index (χ1v) is 9.48. The molecule has 8 heteroatoms. The molecule has 0 saturated carbocycles. The van der Waals surface area contributed by atoms with Gasteiger partial charge in [-0.05, 0) is 32.8 Å². The Labute approximate surface area is 156 Å². The SMILES string of the molecule is CCCc1cc(=O)[nH]c(SCC(=O)c2c(C)[nH]c(C(=O)OCC)c2C)n1. The lowest BCUT2D eigenvalue weighted by molar-refractivity contribution is 0.0519. The molecule has 2 rings (SSSR count). The van der Waals surface area contributed by atoms with Crippen LogP contribution in [-0.2, 0) is 11.2 Å². The summed E-state index contributed by atoms with van der Waals surface area (Å²) in [5.74, 6) is -0.501. The summed E-state index contributed by atoms with van der Waals surface area (Å²) in [4.78, 5) is 46.2. The van der Waals surface area contributed by atoms with Gasteiger partial charge in [-0.2, -0.15) is 0 Å². The number of nitrogens with one attached hydrogen (secondary N) is 2. The lowest BCUT2D eigenvalue weighted by Crippen LogP contribution is -2.12. The van der Waals surface area contributed by atoms with Crippen LogP contribution in [0.25, 0.3) is 0 Å². The number of aromatic nitrogens is 3. The van der Waals surface area contributed by atoms with Crippen LogP contribution in [0.3, 0.4) is 0 Å². The molecule has 0 aliphatic carbocycles. The van der Waals surface area contributed by atoms with Crippen LogP contribution >= 0.6 is 11.8 Å². The summed E-state index contributed by atoms with van der Waals surface area (Å²) < 4.78 is 5.00. The van der Waals surface area contributed by atoms with Gasteiger partial charge in [0.2, 0.25) is 0 Å². The van der Waals surface area contributed by atoms with E-state index in [-0.39, 0.29) is 23.7 Å². The molecule has 0 aliphatic rings. The molecule has 0 unspecified atom stereocenters. The van der Waals surface area contributed by atoms with Crippen molar-refractivity contribution in [3.63, 3.8) is 0 Å². The summed E-state index contributed by atoms with van der Waals surface area (Å²) in [6, 6.07) is 1.47. The molecule has 2 aromatic rings. The van der Waals surface area contributed by atoms with Crippen LogP contribution in [0.4, 0.5) is 0 Å². The number of aryl methyl sites for hydroxylation is 2. The number of nitrogens with zero attached hydrogens (tertiary/aromatic N) is 1. The first-order valence-electron chi connectivity index (χ1n) is 8.49. The highest BCUT2D eigenvalue weighted by molar-refractivity contribution is 7.99. The van der Waals surface area contributed by atoms with E-state index in [1.54, 1.807) is 20.8 Å². The molecule has 0 amide bonds. The van der Waals surface area contributed by atoms with Crippen molar-refractivity contribution >= 4 is 23.5 Å². The molecule has 2 N–H and O–H groups in total. The molecule has 2 aromatic heterocycles. The molecule has 0 spiro atoms. The molecule has 0 atom stereocenters. The summed E-state index contributed by atoms with van der Waals surface area (Å²) in [6.07, 6.45) is 1.60. The molecule has 0 radical (unpaired) electrons. The van der Waals surface area contributed by atoms with Gasteiger partial charge in [0.05, 0.1) is 12.4 Å². The van der Waals surface area contributed by atoms with Crippen LogP contribution in [0.15, 0.2) is 16.0 Å². The third kappa shape index (κ3) is 4.63. The number of rotatable bonds is 8. The van der Waals surface area contributed by atoms with E-state index in [2.05, 4.69) is 15.0 Å². The van der Waals surface area contributed by atoms with Crippen molar-refractivity contribution in [2.24, 2.45) is 0 Å². The van der Waals surface area contributed by atoms with Crippen LogP contribution in [0.1, 0.15) is 58.1 Å². The van der Waals surface area contributed by atoms with Gasteiger partial charge in [0.15, 0.2) is 10.9 Å². The smallest absolute Gasteiger partial charge is 0.355 e. The second kappa shape index (κ2) is 8.84. The van der Waals surface area contributed by atoms with Crippen molar-refractivity contribution < 1.29 is 14.3 Å². The highest BCUT2D eigenvalue weighted by atomic mass is 32.2. The second-order valence-electron chi connectivity index (χ2n) is 5.85. The molecule has 0 aliphatic heterocycles. The quantitative estimate of drug-likeness (QED) is 0.317. The molecule has 0 aromatic carbocycles. The number of Topliss-reactive ketones (excluding diaryl/α,β-unsaturated/α-hetero) is 1. The first-order chi connectivity index (χ1) is 12.4. The van der Waals surface area contributed by atoms with E-state index in [0.29, 0.717) is 39.8 Å². The first kappa shape index (κ1) is 20.0. The minimum Gasteiger partial charge on any atom is -0.461 e. The maximum Gasteiger partial charge on any atom is 0.355 e. The zero-order chi connectivity index (χ0) is 19.3. The lowest BCUT2D eigenvalue weighted by atomic mass is 10.1. The maximum absolute atomic E-state index is 12.6. The van der Waals surface area contributed by atoms with Crippen molar-refractivity contribution in [2.75, 3.05) is 12.4 Å². The number of ketones is 1. The Hall–Kier alpha value is -2.35. The van der Waals surface area contributed by atoms with Crippen LogP contribution in [-0.4, -0.2) is 39.1 Å². The van der Waals surface area contributed by atoms with Crippen molar-refractivity contribution in [1.29, 1.82) is 0 Å². The molecular weight excluding hydrogens is 354 g/mol. The van der Waals surface area contributed by atoms with E-state index >= 15 is 0 Å². The topological polar surface area (TPSA) is 105 Å². The number of carbonyl (C=O) groups excluding carboxylic acids is 2. The van der Waals surface area contributed by atoms with E-state index in [4.69, 9.17) is 4.74 Å². The highest BCUT2D eigenvalue weighted by Gasteiger charge is 2.22. The largest absolute Gasteiger partial charge is 0.461 e. The molecule has 140 valence electrons. The summed E-state index contributed by atoms with van der Waals surface area (Å²) >= 11 is 1.18. The minimum absolute atomic E-state index is 0.111. The van der Waals surface area contributed by atoms with Gasteiger partial charge >= 0.3 is 5.97 Å². The third-order valence-corrected chi connectivity index (χ3v) is 4.69. The number of aromatic amines is 2. The zero-order valence-corrected chi connectivity index (χ0v) is 16.2. The van der Waals surface area contributed by atoms with Crippen LogP contribution < -0.4 is 5.56 Å². The second-order valence-corrected chi connectivity index (χ2v) is 6.81. The number of carbonyl (C=O) groups is 2. The molecule has 0 bridgehead atoms. The normalized spacial score (nSPS) is 10.8. The summed E-state index contributed by atoms with van der Waals surface area (Å²) in [5.41, 5.74) is 2.47. The molecule has 7 nitrogen and oxygen atoms in total. The average Bonchev–Trinajstić information content (AvgIpc) is 2.87. The number of esters is 1. The molecule has 0 fully saturated rings. The standard InChI is InChI=1S/C18H23N3O4S/c1-5-7-12-8-14(23)21-18(20-12)26-9-13(22)15-10(3)16(19-11(15)4)17(24)25-6-2/h8,19H,5-7,9H2,1-4H3,(H,20,21,23). The van der Waals surface area contributed by atoms with E-state index in [9.17, 15) is 14.4 Å². The average molecular weight is 377 g/mol. The van der Waals surface area contributed by atoms with E-state index in [0.717, 1.165) is 6.42 Å². The van der Waals surface area contributed by atoms with E-state index in [1.165, 1.54) is 17.8 Å². The Morgan fingerprint density at radius 1 is 1.23 bits per heavy atom. The lowest BCUT2D eigenvalue weighted by Gasteiger charge is -2.04. The van der Waals surface area contributed by atoms with Gasteiger partial charge in [-0.3, -0.25) is 9.59 Å².